The molecule has 22 heavy (non-hydrogen) atoms. The van der Waals surface area contributed by atoms with E-state index in [2.05, 4.69) is 6.08 Å². The summed E-state index contributed by atoms with van der Waals surface area (Å²) in [5.41, 5.74) is -0.340. The number of hydroxylamine groups is 2. The third-order valence-electron chi connectivity index (χ3n) is 4.83. The molecule has 1 amide bonds. The molecule has 5 heteroatoms. The zero-order valence-electron chi connectivity index (χ0n) is 14.2. The summed E-state index contributed by atoms with van der Waals surface area (Å²) >= 11 is 0. The molecule has 2 atom stereocenters. The Balaban J connectivity index is 1.84. The van der Waals surface area contributed by atoms with Crippen molar-refractivity contribution in [3.05, 3.63) is 17.5 Å². The van der Waals surface area contributed by atoms with Crippen molar-refractivity contribution in [1.82, 2.24) is 5.06 Å². The fraction of sp³-hybridized carbons (Fsp3) is 0.824. The molecule has 2 aliphatic rings. The summed E-state index contributed by atoms with van der Waals surface area (Å²) < 4.78 is 5.78. The van der Waals surface area contributed by atoms with E-state index in [0.717, 1.165) is 18.9 Å². The molecule has 0 N–H and O–H groups in total. The Hall–Kier alpha value is -0.910. The fourth-order valence-corrected chi connectivity index (χ4v) is 3.18. The van der Waals surface area contributed by atoms with Gasteiger partial charge in [0.05, 0.1) is 7.11 Å². The van der Waals surface area contributed by atoms with Crippen LogP contribution < -0.4 is 0 Å². The summed E-state index contributed by atoms with van der Waals surface area (Å²) in [6.07, 6.45) is 9.37. The average Bonchev–Trinajstić information content (AvgIpc) is 2.78. The molecule has 0 bridgehead atoms. The number of nitrogens with zero attached hydrogens (tertiary/aromatic N) is 2. The van der Waals surface area contributed by atoms with E-state index in [9.17, 15) is 4.79 Å². The van der Waals surface area contributed by atoms with Crippen LogP contribution in [0.3, 0.4) is 0 Å². The van der Waals surface area contributed by atoms with E-state index in [1.807, 2.05) is 19.9 Å². The Labute approximate surface area is 134 Å². The minimum atomic E-state index is -0.340. The summed E-state index contributed by atoms with van der Waals surface area (Å²) in [6, 6.07) is 0.294. The van der Waals surface area contributed by atoms with Crippen molar-refractivity contribution >= 4 is 5.91 Å². The van der Waals surface area contributed by atoms with Crippen LogP contribution in [0.1, 0.15) is 46.0 Å². The molecule has 0 aromatic heterocycles. The van der Waals surface area contributed by atoms with E-state index in [1.54, 1.807) is 7.05 Å². The minimum Gasteiger partial charge on any atom is -0.629 e. The first-order chi connectivity index (χ1) is 10.4. The van der Waals surface area contributed by atoms with Crippen molar-refractivity contribution in [2.45, 2.75) is 57.7 Å². The second-order valence-electron chi connectivity index (χ2n) is 6.79. The predicted octanol–water partition coefficient (Wildman–Crippen LogP) is 3.27. The molecule has 1 heterocycles. The highest BCUT2D eigenvalue weighted by Crippen LogP contribution is 2.43. The Bertz CT molecular complexity index is 405. The summed E-state index contributed by atoms with van der Waals surface area (Å²) in [4.78, 5) is 16.5. The maximum atomic E-state index is 11.7. The Morgan fingerprint density at radius 3 is 2.68 bits per heavy atom. The van der Waals surface area contributed by atoms with Gasteiger partial charge >= 0.3 is 0 Å². The molecule has 1 aliphatic carbocycles. The molecule has 0 radical (unpaired) electrons. The topological polar surface area (TPSA) is 52.9 Å². The lowest BCUT2D eigenvalue weighted by atomic mass is 9.71. The number of carbonyl (C=O) groups excluding carboxylic acids is 1. The lowest BCUT2D eigenvalue weighted by molar-refractivity contribution is -0.167. The van der Waals surface area contributed by atoms with Gasteiger partial charge < -0.3 is 10.1 Å². The monoisotopic (exact) mass is 309 g/mol. The van der Waals surface area contributed by atoms with Gasteiger partial charge in [-0.1, -0.05) is 45.3 Å². The number of allylic oxidation sites excluding steroid dienone is 1. The van der Waals surface area contributed by atoms with Gasteiger partial charge in [0.25, 0.3) is 0 Å². The summed E-state index contributed by atoms with van der Waals surface area (Å²) in [5.74, 6) is 1.27. The van der Waals surface area contributed by atoms with Gasteiger partial charge in [-0.15, -0.1) is 6.04 Å². The zero-order chi connectivity index (χ0) is 16.2. The quantitative estimate of drug-likeness (QED) is 0.536. The van der Waals surface area contributed by atoms with Crippen LogP contribution in [0.15, 0.2) is 12.2 Å². The van der Waals surface area contributed by atoms with Crippen molar-refractivity contribution in [3.8, 4) is 0 Å². The van der Waals surface area contributed by atoms with Gasteiger partial charge in [0.1, 0.15) is 0 Å². The normalized spacial score (nSPS) is 26.1. The predicted molar refractivity (Wildman–Crippen MR) is 86.2 cm³/mol. The number of rotatable bonds is 7. The summed E-state index contributed by atoms with van der Waals surface area (Å²) in [7, 11) is 3.13. The molecule has 0 aromatic rings. The van der Waals surface area contributed by atoms with Crippen LogP contribution in [0, 0.1) is 11.8 Å². The molecule has 126 valence electrons. The van der Waals surface area contributed by atoms with E-state index in [-0.39, 0.29) is 11.6 Å². The smallest absolute Gasteiger partial charge is 0.249 e. The van der Waals surface area contributed by atoms with Crippen LogP contribution in [-0.2, 0) is 14.4 Å². The molecule has 1 saturated carbocycles. The summed E-state index contributed by atoms with van der Waals surface area (Å²) in [6.45, 7) is 4.78. The van der Waals surface area contributed by atoms with Crippen LogP contribution in [0.25, 0.3) is 5.32 Å². The molecular formula is C17H29N2O3-. The number of hydrogen-bond acceptors (Lipinski definition) is 3. The maximum absolute atomic E-state index is 11.7. The fourth-order valence-electron chi connectivity index (χ4n) is 3.18. The Morgan fingerprint density at radius 2 is 2.18 bits per heavy atom. The largest absolute Gasteiger partial charge is 0.629 e. The molecular weight excluding hydrogens is 280 g/mol. The zero-order valence-corrected chi connectivity index (χ0v) is 14.2. The standard InChI is InChI=1S/C17H29N2O3/c1-17(2)18-15(12-22-17)14(13-8-7-9-13)10-5-6-11-16(20)19(3)21-4/h5-6,13-15H,7-12H2,1-4H3/q-1/b6-5+/t14-,15?/m1/s1. The first kappa shape index (κ1) is 17.4. The van der Waals surface area contributed by atoms with Gasteiger partial charge in [0, 0.05) is 20.1 Å². The van der Waals surface area contributed by atoms with E-state index in [0.29, 0.717) is 18.4 Å². The third kappa shape index (κ3) is 4.54. The van der Waals surface area contributed by atoms with E-state index >= 15 is 0 Å². The Morgan fingerprint density at radius 1 is 1.45 bits per heavy atom. The molecule has 0 aromatic carbocycles. The highest BCUT2D eigenvalue weighted by atomic mass is 16.7. The van der Waals surface area contributed by atoms with E-state index < -0.39 is 0 Å². The van der Waals surface area contributed by atoms with Crippen molar-refractivity contribution < 1.29 is 14.4 Å². The van der Waals surface area contributed by atoms with Crippen molar-refractivity contribution in [2.75, 3.05) is 20.8 Å². The number of hydrogen-bond donors (Lipinski definition) is 0. The highest BCUT2D eigenvalue weighted by Gasteiger charge is 2.32. The van der Waals surface area contributed by atoms with Crippen LogP contribution in [-0.4, -0.2) is 43.5 Å². The minimum absolute atomic E-state index is 0.0334. The number of amides is 1. The summed E-state index contributed by atoms with van der Waals surface area (Å²) in [5, 5.41) is 6.09. The molecule has 1 aliphatic heterocycles. The lowest BCUT2D eigenvalue weighted by Crippen LogP contribution is -2.32. The van der Waals surface area contributed by atoms with Gasteiger partial charge in [0.2, 0.25) is 5.91 Å². The van der Waals surface area contributed by atoms with Gasteiger partial charge in [-0.05, 0) is 24.0 Å². The van der Waals surface area contributed by atoms with Gasteiger partial charge in [-0.3, -0.25) is 9.63 Å². The van der Waals surface area contributed by atoms with Crippen molar-refractivity contribution in [1.29, 1.82) is 0 Å². The molecule has 1 unspecified atom stereocenters. The first-order valence-corrected chi connectivity index (χ1v) is 8.24. The Kier molecular flexibility index (Phi) is 6.01. The third-order valence-corrected chi connectivity index (χ3v) is 4.83. The maximum Gasteiger partial charge on any atom is 0.249 e. The average molecular weight is 309 g/mol. The van der Waals surface area contributed by atoms with Crippen LogP contribution >= 0.6 is 0 Å². The van der Waals surface area contributed by atoms with Crippen molar-refractivity contribution in [3.63, 3.8) is 0 Å². The molecule has 5 nitrogen and oxygen atoms in total. The second-order valence-corrected chi connectivity index (χ2v) is 6.79. The highest BCUT2D eigenvalue weighted by molar-refractivity contribution is 5.76. The lowest BCUT2D eigenvalue weighted by Gasteiger charge is -2.43. The van der Waals surface area contributed by atoms with Gasteiger partial charge in [0.15, 0.2) is 0 Å². The van der Waals surface area contributed by atoms with E-state index in [1.165, 1.54) is 31.4 Å². The number of carbonyl (C=O) groups is 1. The van der Waals surface area contributed by atoms with Gasteiger partial charge in [-0.2, -0.15) is 0 Å². The van der Waals surface area contributed by atoms with Crippen molar-refractivity contribution in [2.24, 2.45) is 11.8 Å². The van der Waals surface area contributed by atoms with E-state index in [4.69, 9.17) is 14.9 Å². The molecule has 2 rings (SSSR count). The number of ether oxygens (including phenoxy) is 1. The second kappa shape index (κ2) is 7.57. The van der Waals surface area contributed by atoms with Crippen LogP contribution in [0.4, 0.5) is 0 Å². The van der Waals surface area contributed by atoms with Crippen LogP contribution in [0.2, 0.25) is 0 Å². The van der Waals surface area contributed by atoms with Crippen LogP contribution in [0.5, 0.6) is 0 Å². The SMILES string of the molecule is CON(C)C(=O)C/C=C/C[C@H](C1CCC1)C1COC(C)(C)[N-]1. The van der Waals surface area contributed by atoms with Gasteiger partial charge in [-0.25, -0.2) is 5.06 Å². The molecule has 2 fully saturated rings. The first-order valence-electron chi connectivity index (χ1n) is 8.24. The molecule has 0 spiro atoms. The molecule has 1 saturated heterocycles.